The summed E-state index contributed by atoms with van der Waals surface area (Å²) in [7, 11) is 1.86. The van der Waals surface area contributed by atoms with Gasteiger partial charge in [0.05, 0.1) is 21.8 Å². The van der Waals surface area contributed by atoms with Gasteiger partial charge in [0.25, 0.3) is 5.69 Å². The van der Waals surface area contributed by atoms with Crippen LogP contribution in [0.1, 0.15) is 31.9 Å². The third-order valence-electron chi connectivity index (χ3n) is 6.55. The Morgan fingerprint density at radius 3 is 2.56 bits per heavy atom. The number of carbonyl (C=O) groups is 1. The molecule has 0 aromatic heterocycles. The first-order valence-electron chi connectivity index (χ1n) is 10.3. The second kappa shape index (κ2) is 6.50. The summed E-state index contributed by atoms with van der Waals surface area (Å²) in [6.45, 7) is 5.74. The van der Waals surface area contributed by atoms with Gasteiger partial charge in [-0.15, -0.1) is 0 Å². The van der Waals surface area contributed by atoms with Crippen molar-refractivity contribution in [2.45, 2.75) is 26.2 Å². The average Bonchev–Trinajstić information content (AvgIpc) is 3.17. The number of para-hydroxylation sites is 1. The van der Waals surface area contributed by atoms with Crippen LogP contribution >= 0.6 is 0 Å². The van der Waals surface area contributed by atoms with E-state index < -0.39 is 10.3 Å². The molecule has 0 atom stereocenters. The maximum Gasteiger partial charge on any atom is 0.269 e. The lowest BCUT2D eigenvalue weighted by atomic mass is 9.78. The number of rotatable bonds is 2. The number of allylic oxidation sites excluding steroid dienone is 5. The molecule has 3 aliphatic rings. The number of fused-ring (bicyclic) bond motifs is 2. The molecule has 0 amide bonds. The Kier molecular flexibility index (Phi) is 4.05. The van der Waals surface area contributed by atoms with E-state index in [1.165, 1.54) is 6.07 Å². The van der Waals surface area contributed by atoms with Gasteiger partial charge in [0.15, 0.2) is 0 Å². The van der Waals surface area contributed by atoms with Crippen LogP contribution in [-0.2, 0) is 10.2 Å². The fourth-order valence-corrected chi connectivity index (χ4v) is 4.85. The Balaban J connectivity index is 1.61. The maximum absolute atomic E-state index is 13.2. The second-order valence-corrected chi connectivity index (χ2v) is 8.73. The molecule has 0 fully saturated rings. The molecule has 2 aliphatic heterocycles. The van der Waals surface area contributed by atoms with Crippen LogP contribution in [0.3, 0.4) is 0 Å². The minimum atomic E-state index is -0.579. The van der Waals surface area contributed by atoms with Crippen molar-refractivity contribution in [2.75, 3.05) is 11.9 Å². The molecule has 160 valence electrons. The molecule has 1 aliphatic carbocycles. The molecule has 7 heteroatoms. The number of aliphatic hydroxyl groups excluding tert-OH is 1. The average molecular weight is 427 g/mol. The summed E-state index contributed by atoms with van der Waals surface area (Å²) in [6, 6.07) is 12.3. The molecule has 0 saturated carbocycles. The summed E-state index contributed by atoms with van der Waals surface area (Å²) >= 11 is 0. The van der Waals surface area contributed by atoms with Gasteiger partial charge < -0.3 is 10.0 Å². The van der Waals surface area contributed by atoms with Gasteiger partial charge in [0, 0.05) is 52.8 Å². The Morgan fingerprint density at radius 1 is 1.16 bits per heavy atom. The summed E-state index contributed by atoms with van der Waals surface area (Å²) in [4.78, 5) is 30.4. The summed E-state index contributed by atoms with van der Waals surface area (Å²) in [5, 5.41) is 22.1. The van der Waals surface area contributed by atoms with Gasteiger partial charge in [0.2, 0.25) is 5.78 Å². The lowest BCUT2D eigenvalue weighted by Gasteiger charge is -2.27. The Labute approximate surface area is 184 Å². The molecular formula is C25H21N3O4. The molecule has 2 aromatic rings. The van der Waals surface area contributed by atoms with Crippen molar-refractivity contribution in [3.05, 3.63) is 92.4 Å². The maximum atomic E-state index is 13.2. The predicted molar refractivity (Wildman–Crippen MR) is 123 cm³/mol. The molecule has 1 N–H and O–H groups in total. The minimum Gasteiger partial charge on any atom is -0.506 e. The van der Waals surface area contributed by atoms with E-state index in [0.29, 0.717) is 11.3 Å². The number of non-ortho nitro benzene ring substituents is 1. The molecule has 7 nitrogen and oxygen atoms in total. The van der Waals surface area contributed by atoms with Gasteiger partial charge in [-0.25, -0.2) is 0 Å². The summed E-state index contributed by atoms with van der Waals surface area (Å²) in [5.41, 5.74) is 5.38. The third kappa shape index (κ3) is 2.54. The minimum absolute atomic E-state index is 0.0231. The van der Waals surface area contributed by atoms with Crippen molar-refractivity contribution in [3.63, 3.8) is 0 Å². The van der Waals surface area contributed by atoms with Gasteiger partial charge >= 0.3 is 0 Å². The number of aliphatic imine (C=N–C) groups is 1. The zero-order chi connectivity index (χ0) is 22.9. The van der Waals surface area contributed by atoms with Gasteiger partial charge in [0.1, 0.15) is 5.76 Å². The van der Waals surface area contributed by atoms with E-state index >= 15 is 0 Å². The van der Waals surface area contributed by atoms with Crippen LogP contribution in [-0.4, -0.2) is 28.6 Å². The number of ketones is 1. The van der Waals surface area contributed by atoms with Crippen molar-refractivity contribution >= 4 is 34.1 Å². The van der Waals surface area contributed by atoms with Crippen LogP contribution in [0.5, 0.6) is 0 Å². The first-order valence-corrected chi connectivity index (χ1v) is 10.3. The fourth-order valence-electron chi connectivity index (χ4n) is 4.85. The Hall–Kier alpha value is -4.00. The van der Waals surface area contributed by atoms with Crippen molar-refractivity contribution in [1.29, 1.82) is 0 Å². The molecule has 0 bridgehead atoms. The van der Waals surface area contributed by atoms with Gasteiger partial charge in [-0.1, -0.05) is 32.0 Å². The first-order chi connectivity index (χ1) is 15.1. The second-order valence-electron chi connectivity index (χ2n) is 8.73. The fraction of sp³-hybridized carbons (Fsp3) is 0.200. The lowest BCUT2D eigenvalue weighted by molar-refractivity contribution is -0.384. The van der Waals surface area contributed by atoms with Gasteiger partial charge in [-0.3, -0.25) is 19.9 Å². The number of aliphatic hydroxyl groups is 1. The number of nitro groups is 1. The Morgan fingerprint density at radius 2 is 1.88 bits per heavy atom. The number of anilines is 1. The summed E-state index contributed by atoms with van der Waals surface area (Å²) in [6.07, 6.45) is 1.70. The van der Waals surface area contributed by atoms with E-state index in [2.05, 4.69) is 4.99 Å². The highest BCUT2D eigenvalue weighted by Crippen LogP contribution is 2.50. The zero-order valence-corrected chi connectivity index (χ0v) is 18.1. The molecule has 32 heavy (non-hydrogen) atoms. The molecule has 2 heterocycles. The van der Waals surface area contributed by atoms with Crippen LogP contribution in [0.4, 0.5) is 17.1 Å². The van der Waals surface area contributed by atoms with Crippen molar-refractivity contribution < 1.29 is 14.8 Å². The first kappa shape index (κ1) is 19.9. The zero-order valence-electron chi connectivity index (χ0n) is 18.1. The lowest BCUT2D eigenvalue weighted by Crippen LogP contribution is -2.28. The van der Waals surface area contributed by atoms with E-state index in [-0.39, 0.29) is 28.4 Å². The van der Waals surface area contributed by atoms with Gasteiger partial charge in [-0.2, -0.15) is 0 Å². The Bertz CT molecular complexity index is 1380. The number of nitro benzene ring substituents is 1. The van der Waals surface area contributed by atoms with Crippen LogP contribution in [0, 0.1) is 10.1 Å². The highest BCUT2D eigenvalue weighted by atomic mass is 16.6. The summed E-state index contributed by atoms with van der Waals surface area (Å²) in [5.74, 6) is -0.280. The van der Waals surface area contributed by atoms with E-state index in [4.69, 9.17) is 0 Å². The van der Waals surface area contributed by atoms with Gasteiger partial charge in [-0.05, 0) is 30.7 Å². The van der Waals surface area contributed by atoms with Crippen LogP contribution in [0.25, 0.3) is 5.57 Å². The molecular weight excluding hydrogens is 406 g/mol. The standard InChI is InChI=1S/C25H21N3O4/c1-13-21(15-7-5-6-8-18(15)26-13)22-23(29)16(24(22)30)12-20-25(2,3)17-11-14(28(31)32)9-10-19(17)27(20)4/h5-12,29H,1-4H3/b20-12-,22-21+. The van der Waals surface area contributed by atoms with E-state index in [9.17, 15) is 20.0 Å². The predicted octanol–water partition coefficient (Wildman–Crippen LogP) is 5.16. The number of hydrogen-bond donors (Lipinski definition) is 1. The van der Waals surface area contributed by atoms with Crippen molar-refractivity contribution in [2.24, 2.45) is 4.99 Å². The molecule has 0 spiro atoms. The smallest absolute Gasteiger partial charge is 0.269 e. The number of hydrogen-bond acceptors (Lipinski definition) is 6. The van der Waals surface area contributed by atoms with Crippen molar-refractivity contribution in [1.82, 2.24) is 0 Å². The third-order valence-corrected chi connectivity index (χ3v) is 6.55. The normalized spacial score (nSPS) is 22.1. The van der Waals surface area contributed by atoms with E-state index in [1.54, 1.807) is 18.2 Å². The monoisotopic (exact) mass is 427 g/mol. The van der Waals surface area contributed by atoms with E-state index in [0.717, 1.165) is 28.2 Å². The quantitative estimate of drug-likeness (QED) is 0.406. The van der Waals surface area contributed by atoms with Crippen molar-refractivity contribution in [3.8, 4) is 0 Å². The number of nitrogens with zero attached hydrogens (tertiary/aromatic N) is 3. The van der Waals surface area contributed by atoms with Crippen LogP contribution in [0.2, 0.25) is 0 Å². The van der Waals surface area contributed by atoms with Crippen LogP contribution in [0.15, 0.2) is 76.1 Å². The largest absolute Gasteiger partial charge is 0.506 e. The topological polar surface area (TPSA) is 96.0 Å². The van der Waals surface area contributed by atoms with Crippen LogP contribution < -0.4 is 4.90 Å². The molecule has 0 saturated heterocycles. The molecule has 0 unspecified atom stereocenters. The molecule has 0 radical (unpaired) electrons. The van der Waals surface area contributed by atoms with E-state index in [1.807, 2.05) is 57.0 Å². The number of carbonyl (C=O) groups excluding carboxylic acids is 1. The number of Topliss-reactive ketones (excluding diaryl/α,β-unsaturated/α-hetero) is 1. The molecule has 2 aromatic carbocycles. The number of likely N-dealkylation sites (N-methyl/N-ethyl adjacent to an activating group) is 1. The number of benzene rings is 2. The molecule has 5 rings (SSSR count). The SMILES string of the molecule is CC1=Nc2ccccc2/C1=C1/C(=O)C(/C=C2\N(C)c3ccc([N+](=O)[O-])cc3C2(C)C)=C1O. The highest BCUT2D eigenvalue weighted by molar-refractivity contribution is 6.38. The summed E-state index contributed by atoms with van der Waals surface area (Å²) < 4.78 is 0. The highest BCUT2D eigenvalue weighted by Gasteiger charge is 2.43.